The van der Waals surface area contributed by atoms with Gasteiger partial charge in [-0.1, -0.05) is 19.3 Å². The third kappa shape index (κ3) is 2.54. The highest BCUT2D eigenvalue weighted by atomic mass is 16.3. The predicted molar refractivity (Wildman–Crippen MR) is 71.3 cm³/mol. The fraction of sp³-hybridized carbons (Fsp3) is 0.929. The van der Waals surface area contributed by atoms with Gasteiger partial charge >= 0.3 is 0 Å². The van der Waals surface area contributed by atoms with E-state index >= 15 is 0 Å². The molecular weight excluding hydrogens is 228 g/mol. The number of aliphatic hydroxyl groups is 1. The maximum Gasteiger partial charge on any atom is 0.240 e. The number of hydrogen-bond donors (Lipinski definition) is 2. The van der Waals surface area contributed by atoms with E-state index in [9.17, 15) is 9.90 Å². The SMILES string of the molecule is CN(C)C1(C(=O)NCC2(O)CCCCC2)CCC1. The smallest absolute Gasteiger partial charge is 0.240 e. The predicted octanol–water partition coefficient (Wildman–Crippen LogP) is 1.28. The van der Waals surface area contributed by atoms with E-state index in [1.807, 2.05) is 19.0 Å². The normalized spacial score (nSPS) is 25.6. The highest BCUT2D eigenvalue weighted by Gasteiger charge is 2.46. The van der Waals surface area contributed by atoms with Crippen molar-refractivity contribution in [3.8, 4) is 0 Å². The van der Waals surface area contributed by atoms with Crippen molar-refractivity contribution in [3.05, 3.63) is 0 Å². The zero-order valence-electron chi connectivity index (χ0n) is 11.7. The first kappa shape index (κ1) is 13.8. The topological polar surface area (TPSA) is 52.6 Å². The van der Waals surface area contributed by atoms with Crippen LogP contribution in [0.15, 0.2) is 0 Å². The number of likely N-dealkylation sites (N-methyl/N-ethyl adjacent to an activating group) is 1. The summed E-state index contributed by atoms with van der Waals surface area (Å²) in [6.07, 6.45) is 7.99. The Hall–Kier alpha value is -0.610. The van der Waals surface area contributed by atoms with E-state index in [-0.39, 0.29) is 11.4 Å². The molecule has 0 unspecified atom stereocenters. The van der Waals surface area contributed by atoms with Crippen LogP contribution in [0.4, 0.5) is 0 Å². The van der Waals surface area contributed by atoms with Crippen LogP contribution in [0.3, 0.4) is 0 Å². The van der Waals surface area contributed by atoms with E-state index in [4.69, 9.17) is 0 Å². The van der Waals surface area contributed by atoms with Crippen LogP contribution < -0.4 is 5.32 Å². The van der Waals surface area contributed by atoms with E-state index in [1.165, 1.54) is 6.42 Å². The zero-order chi connectivity index (χ0) is 13.2. The average Bonchev–Trinajstić information content (AvgIpc) is 2.25. The van der Waals surface area contributed by atoms with Gasteiger partial charge in [-0.15, -0.1) is 0 Å². The standard InChI is InChI=1S/C14H26N2O2/c1-16(2)14(9-6-10-14)12(17)15-11-13(18)7-4-3-5-8-13/h18H,3-11H2,1-2H3,(H,15,17). The Morgan fingerprint density at radius 2 is 1.72 bits per heavy atom. The Bertz CT molecular complexity index is 305. The van der Waals surface area contributed by atoms with Gasteiger partial charge in [-0.2, -0.15) is 0 Å². The summed E-state index contributed by atoms with van der Waals surface area (Å²) in [5.74, 6) is 0.0951. The molecule has 18 heavy (non-hydrogen) atoms. The zero-order valence-corrected chi connectivity index (χ0v) is 11.7. The number of amides is 1. The molecule has 2 fully saturated rings. The molecule has 0 bridgehead atoms. The second kappa shape index (κ2) is 5.17. The molecule has 0 atom stereocenters. The first-order chi connectivity index (χ1) is 8.49. The Balaban J connectivity index is 1.87. The summed E-state index contributed by atoms with van der Waals surface area (Å²) < 4.78 is 0. The summed E-state index contributed by atoms with van der Waals surface area (Å²) in [6, 6.07) is 0. The maximum atomic E-state index is 12.3. The monoisotopic (exact) mass is 254 g/mol. The summed E-state index contributed by atoms with van der Waals surface area (Å²) in [5.41, 5.74) is -0.976. The van der Waals surface area contributed by atoms with Gasteiger partial charge in [-0.05, 0) is 46.2 Å². The number of carbonyl (C=O) groups is 1. The van der Waals surface area contributed by atoms with Gasteiger partial charge in [0.2, 0.25) is 5.91 Å². The van der Waals surface area contributed by atoms with Crippen LogP contribution >= 0.6 is 0 Å². The Morgan fingerprint density at radius 1 is 1.11 bits per heavy atom. The van der Waals surface area contributed by atoms with Crippen molar-refractivity contribution in [3.63, 3.8) is 0 Å². The van der Waals surface area contributed by atoms with Crippen LogP contribution in [0.25, 0.3) is 0 Å². The van der Waals surface area contributed by atoms with E-state index in [1.54, 1.807) is 0 Å². The number of nitrogens with one attached hydrogen (secondary N) is 1. The van der Waals surface area contributed by atoms with Gasteiger partial charge in [0.1, 0.15) is 0 Å². The molecular formula is C14H26N2O2. The summed E-state index contributed by atoms with van der Waals surface area (Å²) >= 11 is 0. The third-order valence-corrected chi connectivity index (χ3v) is 4.82. The van der Waals surface area contributed by atoms with Crippen LogP contribution in [0.2, 0.25) is 0 Å². The van der Waals surface area contributed by atoms with Crippen molar-refractivity contribution in [2.75, 3.05) is 20.6 Å². The number of carbonyl (C=O) groups excluding carboxylic acids is 1. The minimum absolute atomic E-state index is 0.0951. The molecule has 4 nitrogen and oxygen atoms in total. The quantitative estimate of drug-likeness (QED) is 0.794. The molecule has 0 spiro atoms. The second-order valence-corrected chi connectivity index (χ2v) is 6.25. The lowest BCUT2D eigenvalue weighted by molar-refractivity contribution is -0.139. The molecule has 2 aliphatic carbocycles. The van der Waals surface area contributed by atoms with Crippen LogP contribution in [0.1, 0.15) is 51.4 Å². The first-order valence-electron chi connectivity index (χ1n) is 7.17. The molecule has 0 saturated heterocycles. The molecule has 0 radical (unpaired) electrons. The Kier molecular flexibility index (Phi) is 3.97. The molecule has 1 amide bonds. The Labute approximate surface area is 110 Å². The largest absolute Gasteiger partial charge is 0.388 e. The molecule has 2 N–H and O–H groups in total. The molecule has 2 saturated carbocycles. The van der Waals surface area contributed by atoms with E-state index in [0.717, 1.165) is 44.9 Å². The lowest BCUT2D eigenvalue weighted by Gasteiger charge is -2.46. The van der Waals surface area contributed by atoms with Crippen molar-refractivity contribution < 1.29 is 9.90 Å². The second-order valence-electron chi connectivity index (χ2n) is 6.25. The van der Waals surface area contributed by atoms with E-state index in [0.29, 0.717) is 6.54 Å². The lowest BCUT2D eigenvalue weighted by atomic mass is 9.74. The Morgan fingerprint density at radius 3 is 2.17 bits per heavy atom. The maximum absolute atomic E-state index is 12.3. The summed E-state index contributed by atoms with van der Waals surface area (Å²) in [6.45, 7) is 0.418. The third-order valence-electron chi connectivity index (χ3n) is 4.82. The van der Waals surface area contributed by atoms with Gasteiger partial charge in [0.05, 0.1) is 11.1 Å². The molecule has 4 heteroatoms. The van der Waals surface area contributed by atoms with E-state index in [2.05, 4.69) is 5.32 Å². The van der Waals surface area contributed by atoms with E-state index < -0.39 is 5.60 Å². The number of nitrogens with zero attached hydrogens (tertiary/aromatic N) is 1. The average molecular weight is 254 g/mol. The minimum Gasteiger partial charge on any atom is -0.388 e. The van der Waals surface area contributed by atoms with Gasteiger partial charge in [-0.3, -0.25) is 9.69 Å². The van der Waals surface area contributed by atoms with Gasteiger partial charge in [0.15, 0.2) is 0 Å². The molecule has 0 aromatic rings. The van der Waals surface area contributed by atoms with Crippen LogP contribution in [-0.2, 0) is 4.79 Å². The van der Waals surface area contributed by atoms with Crippen molar-refractivity contribution in [2.45, 2.75) is 62.5 Å². The molecule has 0 aliphatic heterocycles. The van der Waals surface area contributed by atoms with Crippen LogP contribution in [0, 0.1) is 0 Å². The molecule has 0 aromatic carbocycles. The molecule has 2 rings (SSSR count). The highest BCUT2D eigenvalue weighted by Crippen LogP contribution is 2.36. The minimum atomic E-state index is -0.662. The van der Waals surface area contributed by atoms with Crippen molar-refractivity contribution in [1.82, 2.24) is 10.2 Å². The van der Waals surface area contributed by atoms with Crippen LogP contribution in [-0.4, -0.2) is 47.7 Å². The van der Waals surface area contributed by atoms with Gasteiger partial charge in [0.25, 0.3) is 0 Å². The fourth-order valence-electron chi connectivity index (χ4n) is 3.19. The summed E-state index contributed by atoms with van der Waals surface area (Å²) in [4.78, 5) is 14.3. The molecule has 0 aromatic heterocycles. The van der Waals surface area contributed by atoms with Crippen LogP contribution in [0.5, 0.6) is 0 Å². The highest BCUT2D eigenvalue weighted by molar-refractivity contribution is 5.87. The summed E-state index contributed by atoms with van der Waals surface area (Å²) in [7, 11) is 3.93. The van der Waals surface area contributed by atoms with Crippen molar-refractivity contribution >= 4 is 5.91 Å². The van der Waals surface area contributed by atoms with Crippen molar-refractivity contribution in [1.29, 1.82) is 0 Å². The molecule has 104 valence electrons. The molecule has 2 aliphatic rings. The van der Waals surface area contributed by atoms with Crippen molar-refractivity contribution in [2.24, 2.45) is 0 Å². The fourth-order valence-corrected chi connectivity index (χ4v) is 3.19. The molecule has 0 heterocycles. The number of rotatable bonds is 4. The summed E-state index contributed by atoms with van der Waals surface area (Å²) in [5, 5.41) is 13.4. The first-order valence-corrected chi connectivity index (χ1v) is 7.17. The van der Waals surface area contributed by atoms with Gasteiger partial charge in [-0.25, -0.2) is 0 Å². The lowest BCUT2D eigenvalue weighted by Crippen LogP contribution is -2.62. The number of hydrogen-bond acceptors (Lipinski definition) is 3. The van der Waals surface area contributed by atoms with Gasteiger partial charge in [0, 0.05) is 6.54 Å². The van der Waals surface area contributed by atoms with Gasteiger partial charge < -0.3 is 10.4 Å².